The molecule has 2 aromatic carbocycles. The third kappa shape index (κ3) is 3.60. The minimum Gasteiger partial charge on any atom is -0.497 e. The van der Waals surface area contributed by atoms with Crippen LogP contribution in [0, 0.1) is 0 Å². The largest absolute Gasteiger partial charge is 0.497 e. The van der Waals surface area contributed by atoms with Gasteiger partial charge in [0.05, 0.1) is 24.0 Å². The molecule has 146 valence electrons. The maximum absolute atomic E-state index is 12.3. The van der Waals surface area contributed by atoms with Gasteiger partial charge in [0, 0.05) is 6.54 Å². The van der Waals surface area contributed by atoms with Crippen molar-refractivity contribution in [3.63, 3.8) is 0 Å². The quantitative estimate of drug-likeness (QED) is 0.612. The van der Waals surface area contributed by atoms with Gasteiger partial charge in [0.1, 0.15) is 30.8 Å². The Morgan fingerprint density at radius 3 is 2.71 bits per heavy atom. The molecular weight excluding hydrogens is 360 g/mol. The Bertz CT molecular complexity index is 881. The summed E-state index contributed by atoms with van der Waals surface area (Å²) in [6.45, 7) is 1.23. The van der Waals surface area contributed by atoms with Crippen LogP contribution in [-0.4, -0.2) is 44.8 Å². The van der Waals surface area contributed by atoms with Crippen LogP contribution < -0.4 is 19.7 Å². The number of carbonyl (C=O) groups excluding carboxylic acids is 2. The molecule has 7 nitrogen and oxygen atoms in total. The first-order chi connectivity index (χ1) is 13.7. The van der Waals surface area contributed by atoms with Crippen molar-refractivity contribution in [3.05, 3.63) is 48.0 Å². The predicted molar refractivity (Wildman–Crippen MR) is 104 cm³/mol. The number of anilines is 2. The predicted octanol–water partition coefficient (Wildman–Crippen LogP) is 2.85. The minimum atomic E-state index is -0.445. The first-order valence-corrected chi connectivity index (χ1v) is 9.31. The summed E-state index contributed by atoms with van der Waals surface area (Å²) in [7, 11) is 1.60. The fourth-order valence-corrected chi connectivity index (χ4v) is 3.61. The van der Waals surface area contributed by atoms with E-state index in [-0.39, 0.29) is 25.2 Å². The van der Waals surface area contributed by atoms with E-state index in [4.69, 9.17) is 14.2 Å². The second kappa shape index (κ2) is 7.80. The molecule has 1 amide bonds. The van der Waals surface area contributed by atoms with Gasteiger partial charge in [-0.25, -0.2) is 4.79 Å². The lowest BCUT2D eigenvalue weighted by molar-refractivity contribution is -0.117. The Kier molecular flexibility index (Phi) is 5.06. The van der Waals surface area contributed by atoms with Gasteiger partial charge in [-0.05, 0) is 55.3 Å². The Balaban J connectivity index is 1.32. The fraction of sp³-hybridized carbons (Fsp3) is 0.333. The summed E-state index contributed by atoms with van der Waals surface area (Å²) in [5.74, 6) is 0.967. The number of rotatable bonds is 6. The van der Waals surface area contributed by atoms with E-state index in [1.807, 2.05) is 6.07 Å². The lowest BCUT2D eigenvalue weighted by Gasteiger charge is -2.33. The number of ether oxygens (including phenoxy) is 3. The molecule has 0 radical (unpaired) electrons. The third-order valence-electron chi connectivity index (χ3n) is 5.00. The van der Waals surface area contributed by atoms with E-state index < -0.39 is 5.97 Å². The molecule has 2 aromatic rings. The Morgan fingerprint density at radius 2 is 1.93 bits per heavy atom. The highest BCUT2D eigenvalue weighted by molar-refractivity contribution is 6.05. The smallest absolute Gasteiger partial charge is 0.338 e. The van der Waals surface area contributed by atoms with Crippen molar-refractivity contribution >= 4 is 23.3 Å². The number of hydrogen-bond acceptors (Lipinski definition) is 6. The van der Waals surface area contributed by atoms with Crippen LogP contribution in [0.1, 0.15) is 23.2 Å². The van der Waals surface area contributed by atoms with Crippen LogP contribution in [0.5, 0.6) is 11.5 Å². The molecular formula is C21H22N2O5. The summed E-state index contributed by atoms with van der Waals surface area (Å²) in [6.07, 6.45) is 1.86. The lowest BCUT2D eigenvalue weighted by atomic mass is 10.1. The molecule has 28 heavy (non-hydrogen) atoms. The van der Waals surface area contributed by atoms with Crippen molar-refractivity contribution in [1.29, 1.82) is 0 Å². The summed E-state index contributed by atoms with van der Waals surface area (Å²) in [5, 5.41) is 2.90. The van der Waals surface area contributed by atoms with Crippen molar-refractivity contribution in [3.8, 4) is 11.5 Å². The number of benzene rings is 2. The zero-order valence-electron chi connectivity index (χ0n) is 15.6. The number of esters is 1. The summed E-state index contributed by atoms with van der Waals surface area (Å²) in [6, 6.07) is 12.4. The molecule has 0 unspecified atom stereocenters. The topological polar surface area (TPSA) is 77.1 Å². The number of nitrogens with one attached hydrogen (secondary N) is 1. The molecule has 4 rings (SSSR count). The maximum atomic E-state index is 12.3. The standard InChI is InChI=1S/C21H22N2O5/c1-26-15-5-7-16(8-6-15)27-11-12-28-21(25)14-4-9-18-17(13-14)22-20(24)19-3-2-10-23(18)19/h4-9,13,19H,2-3,10-12H2,1H3,(H,22,24)/t19-/m0/s1. The summed E-state index contributed by atoms with van der Waals surface area (Å²) < 4.78 is 15.9. The number of amides is 1. The Morgan fingerprint density at radius 1 is 1.14 bits per heavy atom. The zero-order valence-corrected chi connectivity index (χ0v) is 15.6. The van der Waals surface area contributed by atoms with Crippen LogP contribution in [0.2, 0.25) is 0 Å². The monoisotopic (exact) mass is 382 g/mol. The van der Waals surface area contributed by atoms with Gasteiger partial charge in [0.15, 0.2) is 0 Å². The number of nitrogens with zero attached hydrogens (tertiary/aromatic N) is 1. The molecule has 1 saturated heterocycles. The SMILES string of the molecule is COc1ccc(OCCOC(=O)c2ccc3c(c2)NC(=O)[C@@H]2CCCN32)cc1. The highest BCUT2D eigenvalue weighted by Crippen LogP contribution is 2.37. The molecule has 1 atom stereocenters. The van der Waals surface area contributed by atoms with Crippen molar-refractivity contribution < 1.29 is 23.8 Å². The minimum absolute atomic E-state index is 0.0107. The van der Waals surface area contributed by atoms with Gasteiger partial charge in [0.2, 0.25) is 5.91 Å². The first kappa shape index (κ1) is 18.2. The van der Waals surface area contributed by atoms with E-state index in [0.29, 0.717) is 17.0 Å². The molecule has 0 aromatic heterocycles. The van der Waals surface area contributed by atoms with Gasteiger partial charge in [-0.1, -0.05) is 0 Å². The Labute approximate surface area is 163 Å². The van der Waals surface area contributed by atoms with Crippen LogP contribution in [0.25, 0.3) is 0 Å². The van der Waals surface area contributed by atoms with E-state index in [1.165, 1.54) is 0 Å². The number of carbonyl (C=O) groups is 2. The second-order valence-corrected chi connectivity index (χ2v) is 6.73. The van der Waals surface area contributed by atoms with E-state index in [1.54, 1.807) is 43.5 Å². The highest BCUT2D eigenvalue weighted by Gasteiger charge is 2.36. The normalized spacial score (nSPS) is 17.4. The van der Waals surface area contributed by atoms with Crippen LogP contribution in [0.15, 0.2) is 42.5 Å². The van der Waals surface area contributed by atoms with Gasteiger partial charge >= 0.3 is 5.97 Å². The molecule has 1 fully saturated rings. The van der Waals surface area contributed by atoms with Crippen molar-refractivity contribution in [2.45, 2.75) is 18.9 Å². The second-order valence-electron chi connectivity index (χ2n) is 6.73. The van der Waals surface area contributed by atoms with Crippen LogP contribution in [0.4, 0.5) is 11.4 Å². The van der Waals surface area contributed by atoms with Crippen LogP contribution in [0.3, 0.4) is 0 Å². The molecule has 0 bridgehead atoms. The molecule has 1 N–H and O–H groups in total. The summed E-state index contributed by atoms with van der Waals surface area (Å²) in [4.78, 5) is 26.6. The van der Waals surface area contributed by atoms with Crippen LogP contribution in [-0.2, 0) is 9.53 Å². The fourth-order valence-electron chi connectivity index (χ4n) is 3.61. The van der Waals surface area contributed by atoms with Crippen LogP contribution >= 0.6 is 0 Å². The van der Waals surface area contributed by atoms with E-state index in [9.17, 15) is 9.59 Å². The third-order valence-corrected chi connectivity index (χ3v) is 5.00. The number of hydrogen-bond donors (Lipinski definition) is 1. The van der Waals surface area contributed by atoms with Gasteiger partial charge in [-0.3, -0.25) is 4.79 Å². The average molecular weight is 382 g/mol. The molecule has 7 heteroatoms. The van der Waals surface area contributed by atoms with Gasteiger partial charge < -0.3 is 24.4 Å². The lowest BCUT2D eigenvalue weighted by Crippen LogP contribution is -2.43. The first-order valence-electron chi connectivity index (χ1n) is 9.31. The molecule has 0 saturated carbocycles. The van der Waals surface area contributed by atoms with Gasteiger partial charge in [-0.15, -0.1) is 0 Å². The summed E-state index contributed by atoms with van der Waals surface area (Å²) >= 11 is 0. The van der Waals surface area contributed by atoms with Crippen molar-refractivity contribution in [2.24, 2.45) is 0 Å². The van der Waals surface area contributed by atoms with Gasteiger partial charge in [0.25, 0.3) is 0 Å². The van der Waals surface area contributed by atoms with E-state index in [2.05, 4.69) is 10.2 Å². The molecule has 2 heterocycles. The number of fused-ring (bicyclic) bond motifs is 3. The summed E-state index contributed by atoms with van der Waals surface area (Å²) in [5.41, 5.74) is 2.02. The average Bonchev–Trinajstić information content (AvgIpc) is 3.22. The molecule has 0 aliphatic carbocycles. The van der Waals surface area contributed by atoms with E-state index in [0.717, 1.165) is 30.8 Å². The molecule has 2 aliphatic rings. The van der Waals surface area contributed by atoms with Crippen molar-refractivity contribution in [2.75, 3.05) is 37.1 Å². The van der Waals surface area contributed by atoms with Crippen molar-refractivity contribution in [1.82, 2.24) is 0 Å². The highest BCUT2D eigenvalue weighted by atomic mass is 16.6. The zero-order chi connectivity index (χ0) is 19.5. The number of methoxy groups -OCH3 is 1. The maximum Gasteiger partial charge on any atom is 0.338 e. The van der Waals surface area contributed by atoms with Gasteiger partial charge in [-0.2, -0.15) is 0 Å². The molecule has 2 aliphatic heterocycles. The molecule has 0 spiro atoms. The Hall–Kier alpha value is -3.22. The van der Waals surface area contributed by atoms with E-state index >= 15 is 0 Å².